The Kier molecular flexibility index (Phi) is 3.84. The molecule has 0 aliphatic carbocycles. The number of anilines is 2. The molecule has 1 aromatic carbocycles. The van der Waals surface area contributed by atoms with Gasteiger partial charge in [-0.2, -0.15) is 0 Å². The number of carbonyl (C=O) groups is 1. The van der Waals surface area contributed by atoms with E-state index in [0.29, 0.717) is 0 Å². The van der Waals surface area contributed by atoms with Gasteiger partial charge in [-0.3, -0.25) is 4.79 Å². The Labute approximate surface area is 128 Å². The molecule has 1 unspecified atom stereocenters. The van der Waals surface area contributed by atoms with Crippen LogP contribution in [0.1, 0.15) is 29.6 Å². The van der Waals surface area contributed by atoms with Crippen LogP contribution in [0.5, 0.6) is 5.75 Å². The minimum atomic E-state index is -0.112. The number of thiophene rings is 1. The number of hydrogen-bond donors (Lipinski definition) is 2. The molecule has 0 saturated heterocycles. The topological polar surface area (TPSA) is 50.4 Å². The number of ether oxygens (including phenoxy) is 1. The molecule has 1 aromatic heterocycles. The van der Waals surface area contributed by atoms with Gasteiger partial charge in [0.25, 0.3) is 5.91 Å². The zero-order valence-corrected chi connectivity index (χ0v) is 12.9. The van der Waals surface area contributed by atoms with Gasteiger partial charge in [0.15, 0.2) is 6.61 Å². The number of hydrogen-bond acceptors (Lipinski definition) is 4. The summed E-state index contributed by atoms with van der Waals surface area (Å²) in [4.78, 5) is 14.1. The zero-order valence-electron chi connectivity index (χ0n) is 12.1. The molecular weight excluding hydrogens is 284 g/mol. The van der Waals surface area contributed by atoms with Gasteiger partial charge < -0.3 is 15.4 Å². The number of amides is 1. The predicted molar refractivity (Wildman–Crippen MR) is 86.3 cm³/mol. The smallest absolute Gasteiger partial charge is 0.262 e. The van der Waals surface area contributed by atoms with Crippen LogP contribution < -0.4 is 15.4 Å². The molecule has 3 rings (SSSR count). The Morgan fingerprint density at radius 3 is 3.00 bits per heavy atom. The summed E-state index contributed by atoms with van der Waals surface area (Å²) in [5.41, 5.74) is 1.70. The lowest BCUT2D eigenvalue weighted by Crippen LogP contribution is -2.25. The molecule has 0 radical (unpaired) electrons. The second kappa shape index (κ2) is 5.77. The van der Waals surface area contributed by atoms with Crippen molar-refractivity contribution in [3.8, 4) is 5.75 Å². The van der Waals surface area contributed by atoms with Crippen molar-refractivity contribution in [2.75, 3.05) is 17.2 Å². The Bertz CT molecular complexity index is 666. The quantitative estimate of drug-likeness (QED) is 0.903. The molecule has 1 aliphatic rings. The number of fused-ring (bicyclic) bond motifs is 1. The first kappa shape index (κ1) is 13.9. The van der Waals surface area contributed by atoms with Crippen molar-refractivity contribution < 1.29 is 9.53 Å². The highest BCUT2D eigenvalue weighted by Gasteiger charge is 2.16. The summed E-state index contributed by atoms with van der Waals surface area (Å²) in [7, 11) is 0. The van der Waals surface area contributed by atoms with Crippen molar-refractivity contribution in [2.45, 2.75) is 26.3 Å². The SMILES string of the molecule is CCc1ccc(C(C)Nc2ccc3c(c2)NC(=O)CO3)s1. The summed E-state index contributed by atoms with van der Waals surface area (Å²) < 4.78 is 5.36. The van der Waals surface area contributed by atoms with Crippen molar-refractivity contribution in [1.29, 1.82) is 0 Å². The van der Waals surface area contributed by atoms with Crippen molar-refractivity contribution in [1.82, 2.24) is 0 Å². The second-order valence-electron chi connectivity index (χ2n) is 5.07. The number of nitrogens with one attached hydrogen (secondary N) is 2. The largest absolute Gasteiger partial charge is 0.482 e. The van der Waals surface area contributed by atoms with Crippen LogP contribution in [-0.2, 0) is 11.2 Å². The molecule has 21 heavy (non-hydrogen) atoms. The van der Waals surface area contributed by atoms with Crippen LogP contribution in [0.25, 0.3) is 0 Å². The van der Waals surface area contributed by atoms with Crippen LogP contribution >= 0.6 is 11.3 Å². The van der Waals surface area contributed by atoms with Crippen LogP contribution in [-0.4, -0.2) is 12.5 Å². The summed E-state index contributed by atoms with van der Waals surface area (Å²) in [6.07, 6.45) is 1.07. The first-order valence-electron chi connectivity index (χ1n) is 7.07. The van der Waals surface area contributed by atoms with Crippen molar-refractivity contribution in [2.24, 2.45) is 0 Å². The third kappa shape index (κ3) is 3.03. The van der Waals surface area contributed by atoms with Gasteiger partial charge in [0.05, 0.1) is 11.7 Å². The predicted octanol–water partition coefficient (Wildman–Crippen LogP) is 3.81. The number of benzene rings is 1. The fourth-order valence-electron chi connectivity index (χ4n) is 2.31. The summed E-state index contributed by atoms with van der Waals surface area (Å²) >= 11 is 1.83. The van der Waals surface area contributed by atoms with Crippen LogP contribution in [0.2, 0.25) is 0 Å². The first-order chi connectivity index (χ1) is 10.2. The maximum atomic E-state index is 11.4. The molecule has 1 aliphatic heterocycles. The van der Waals surface area contributed by atoms with Crippen molar-refractivity contribution in [3.63, 3.8) is 0 Å². The second-order valence-corrected chi connectivity index (χ2v) is 6.27. The van der Waals surface area contributed by atoms with Crippen molar-refractivity contribution >= 4 is 28.6 Å². The molecule has 0 fully saturated rings. The van der Waals surface area contributed by atoms with Crippen LogP contribution in [0.4, 0.5) is 11.4 Å². The van der Waals surface area contributed by atoms with E-state index in [9.17, 15) is 4.79 Å². The standard InChI is InChI=1S/C16H18N2O2S/c1-3-12-5-7-15(21-12)10(2)17-11-4-6-14-13(8-11)18-16(19)9-20-14/h4-8,10,17H,3,9H2,1-2H3,(H,18,19). The average molecular weight is 302 g/mol. The van der Waals surface area contributed by atoms with E-state index in [0.717, 1.165) is 23.5 Å². The van der Waals surface area contributed by atoms with Gasteiger partial charge in [-0.1, -0.05) is 6.92 Å². The van der Waals surface area contributed by atoms with E-state index >= 15 is 0 Å². The van der Waals surface area contributed by atoms with Gasteiger partial charge in [0.1, 0.15) is 5.75 Å². The molecule has 1 atom stereocenters. The Hall–Kier alpha value is -2.01. The van der Waals surface area contributed by atoms with Crippen LogP contribution in [0.3, 0.4) is 0 Å². The first-order valence-corrected chi connectivity index (χ1v) is 7.89. The minimum Gasteiger partial charge on any atom is -0.482 e. The van der Waals surface area contributed by atoms with E-state index in [1.165, 1.54) is 9.75 Å². The lowest BCUT2D eigenvalue weighted by Gasteiger charge is -2.20. The lowest BCUT2D eigenvalue weighted by atomic mass is 10.2. The molecular formula is C16H18N2O2S. The highest BCUT2D eigenvalue weighted by atomic mass is 32.1. The summed E-state index contributed by atoms with van der Waals surface area (Å²) in [6.45, 7) is 4.39. The maximum Gasteiger partial charge on any atom is 0.262 e. The summed E-state index contributed by atoms with van der Waals surface area (Å²) in [6, 6.07) is 10.4. The summed E-state index contributed by atoms with van der Waals surface area (Å²) in [5, 5.41) is 6.29. The summed E-state index contributed by atoms with van der Waals surface area (Å²) in [5.74, 6) is 0.607. The Morgan fingerprint density at radius 1 is 1.38 bits per heavy atom. The molecule has 0 bridgehead atoms. The monoisotopic (exact) mass is 302 g/mol. The van der Waals surface area contributed by atoms with Gasteiger partial charge in [-0.05, 0) is 43.7 Å². The molecule has 2 heterocycles. The lowest BCUT2D eigenvalue weighted by molar-refractivity contribution is -0.118. The number of carbonyl (C=O) groups excluding carboxylic acids is 1. The molecule has 2 N–H and O–H groups in total. The highest BCUT2D eigenvalue weighted by Crippen LogP contribution is 2.32. The minimum absolute atomic E-state index is 0.0885. The fraction of sp³-hybridized carbons (Fsp3) is 0.312. The van der Waals surface area contributed by atoms with E-state index in [2.05, 4.69) is 36.6 Å². The zero-order chi connectivity index (χ0) is 14.8. The van der Waals surface area contributed by atoms with E-state index in [4.69, 9.17) is 4.74 Å². The average Bonchev–Trinajstić information content (AvgIpc) is 2.96. The normalized spacial score (nSPS) is 14.9. The molecule has 0 spiro atoms. The van der Waals surface area contributed by atoms with E-state index in [1.54, 1.807) is 0 Å². The van der Waals surface area contributed by atoms with E-state index in [1.807, 2.05) is 29.5 Å². The van der Waals surface area contributed by atoms with Crippen LogP contribution in [0.15, 0.2) is 30.3 Å². The molecule has 0 saturated carbocycles. The van der Waals surface area contributed by atoms with Crippen molar-refractivity contribution in [3.05, 3.63) is 40.1 Å². The number of rotatable bonds is 4. The molecule has 5 heteroatoms. The van der Waals surface area contributed by atoms with Gasteiger partial charge >= 0.3 is 0 Å². The van der Waals surface area contributed by atoms with Gasteiger partial charge in [-0.15, -0.1) is 11.3 Å². The Morgan fingerprint density at radius 2 is 2.24 bits per heavy atom. The fourth-order valence-corrected chi connectivity index (χ4v) is 3.27. The van der Waals surface area contributed by atoms with E-state index in [-0.39, 0.29) is 18.6 Å². The van der Waals surface area contributed by atoms with Gasteiger partial charge in [-0.25, -0.2) is 0 Å². The number of aryl methyl sites for hydroxylation is 1. The Balaban J connectivity index is 1.75. The third-order valence-corrected chi connectivity index (χ3v) is 4.87. The third-order valence-electron chi connectivity index (χ3n) is 3.45. The van der Waals surface area contributed by atoms with E-state index < -0.39 is 0 Å². The highest BCUT2D eigenvalue weighted by molar-refractivity contribution is 7.12. The molecule has 4 nitrogen and oxygen atoms in total. The maximum absolute atomic E-state index is 11.4. The molecule has 2 aromatic rings. The van der Waals surface area contributed by atoms with Gasteiger partial charge in [0, 0.05) is 15.4 Å². The molecule has 110 valence electrons. The van der Waals surface area contributed by atoms with Gasteiger partial charge in [0.2, 0.25) is 0 Å². The molecule has 1 amide bonds. The van der Waals surface area contributed by atoms with Crippen LogP contribution in [0, 0.1) is 0 Å².